The lowest BCUT2D eigenvalue weighted by Crippen LogP contribution is -2.52. The average Bonchev–Trinajstić information content (AvgIpc) is 3.15. The minimum Gasteiger partial charge on any atom is -0.376 e. The largest absolute Gasteiger partial charge is 0.376 e. The number of hydrogen-bond acceptors (Lipinski definition) is 4. The summed E-state index contributed by atoms with van der Waals surface area (Å²) in [6.45, 7) is 1.53. The Bertz CT molecular complexity index is 511. The van der Waals surface area contributed by atoms with Crippen LogP contribution in [-0.4, -0.2) is 61.3 Å². The van der Waals surface area contributed by atoms with Crippen molar-refractivity contribution in [2.24, 2.45) is 0 Å². The maximum absolute atomic E-state index is 11.9. The van der Waals surface area contributed by atoms with E-state index in [1.807, 2.05) is 0 Å². The van der Waals surface area contributed by atoms with Gasteiger partial charge >= 0.3 is 0 Å². The normalized spacial score (nSPS) is 31.1. The van der Waals surface area contributed by atoms with Crippen molar-refractivity contribution in [3.8, 4) is 0 Å². The smallest absolute Gasteiger partial charge is 0.169 e. The summed E-state index contributed by atoms with van der Waals surface area (Å²) in [6, 6.07) is 0.453. The topological polar surface area (TPSA) is 58.6 Å². The summed E-state index contributed by atoms with van der Waals surface area (Å²) in [5.74, 6) is 0.512. The Kier molecular flexibility index (Phi) is 5.80. The van der Waals surface area contributed by atoms with Gasteiger partial charge in [0.25, 0.3) is 0 Å². The van der Waals surface area contributed by atoms with Gasteiger partial charge in [-0.15, -0.1) is 0 Å². The Balaban J connectivity index is 1.64. The second-order valence-electron chi connectivity index (χ2n) is 7.13. The van der Waals surface area contributed by atoms with Crippen molar-refractivity contribution in [2.45, 2.75) is 69.6 Å². The van der Waals surface area contributed by atoms with Gasteiger partial charge in [-0.2, -0.15) is 0 Å². The first-order valence-corrected chi connectivity index (χ1v) is 11.2. The quantitative estimate of drug-likeness (QED) is 0.773. The Morgan fingerprint density at radius 2 is 1.91 bits per heavy atom. The molecule has 0 aromatic carbocycles. The molecule has 3 aliphatic rings. The predicted molar refractivity (Wildman–Crippen MR) is 95.3 cm³/mol. The van der Waals surface area contributed by atoms with Gasteiger partial charge in [-0.1, -0.05) is 19.3 Å². The zero-order valence-corrected chi connectivity index (χ0v) is 15.3. The van der Waals surface area contributed by atoms with E-state index in [1.165, 1.54) is 19.3 Å². The van der Waals surface area contributed by atoms with Crippen molar-refractivity contribution < 1.29 is 13.2 Å². The van der Waals surface area contributed by atoms with Gasteiger partial charge in [0.05, 0.1) is 17.6 Å². The van der Waals surface area contributed by atoms with E-state index in [0.29, 0.717) is 12.5 Å². The Labute approximate surface area is 145 Å². The van der Waals surface area contributed by atoms with Crippen molar-refractivity contribution in [3.63, 3.8) is 0 Å². The van der Waals surface area contributed by atoms with E-state index in [-0.39, 0.29) is 23.7 Å². The molecule has 132 valence electrons. The van der Waals surface area contributed by atoms with E-state index in [2.05, 4.69) is 10.2 Å². The number of thiocarbonyl (C=S) groups is 1. The van der Waals surface area contributed by atoms with E-state index in [4.69, 9.17) is 17.0 Å². The van der Waals surface area contributed by atoms with Crippen molar-refractivity contribution in [1.29, 1.82) is 0 Å². The summed E-state index contributed by atoms with van der Waals surface area (Å²) in [6.07, 6.45) is 9.14. The number of nitrogens with one attached hydrogen (secondary N) is 1. The molecule has 2 aliphatic heterocycles. The van der Waals surface area contributed by atoms with Crippen LogP contribution in [0.25, 0.3) is 0 Å². The number of rotatable bonds is 4. The molecule has 3 rings (SSSR count). The lowest BCUT2D eigenvalue weighted by Gasteiger charge is -2.35. The first-order chi connectivity index (χ1) is 11.0. The van der Waals surface area contributed by atoms with Gasteiger partial charge in [0.15, 0.2) is 14.9 Å². The molecule has 0 bridgehead atoms. The highest BCUT2D eigenvalue weighted by Gasteiger charge is 2.35. The minimum absolute atomic E-state index is 0.00721. The van der Waals surface area contributed by atoms with Crippen molar-refractivity contribution in [2.75, 3.05) is 24.7 Å². The third-order valence-electron chi connectivity index (χ3n) is 5.27. The van der Waals surface area contributed by atoms with E-state index >= 15 is 0 Å². The second kappa shape index (κ2) is 7.66. The fraction of sp³-hybridized carbons (Fsp3) is 0.938. The van der Waals surface area contributed by atoms with Gasteiger partial charge in [0.2, 0.25) is 0 Å². The van der Waals surface area contributed by atoms with E-state index in [9.17, 15) is 8.42 Å². The standard InChI is InChI=1S/C16H28N2O3S2/c19-23(20)10-8-14(12-23)18(11-15-7-4-9-21-15)16(22)17-13-5-2-1-3-6-13/h13-15H,1-12H2,(H,17,22)/t14-,15-/m0/s1. The molecule has 5 nitrogen and oxygen atoms in total. The summed E-state index contributed by atoms with van der Waals surface area (Å²) in [5.41, 5.74) is 0. The van der Waals surface area contributed by atoms with Gasteiger partial charge in [-0.3, -0.25) is 0 Å². The Hall–Kier alpha value is -0.400. The summed E-state index contributed by atoms with van der Waals surface area (Å²) >= 11 is 5.67. The van der Waals surface area contributed by atoms with Gasteiger partial charge < -0.3 is 15.0 Å². The molecule has 3 fully saturated rings. The third kappa shape index (κ3) is 4.79. The lowest BCUT2D eigenvalue weighted by atomic mass is 9.96. The molecule has 0 aromatic rings. The van der Waals surface area contributed by atoms with Gasteiger partial charge in [0.1, 0.15) is 0 Å². The molecule has 0 radical (unpaired) electrons. The Morgan fingerprint density at radius 3 is 2.52 bits per heavy atom. The van der Waals surface area contributed by atoms with Crippen molar-refractivity contribution in [3.05, 3.63) is 0 Å². The molecule has 1 aliphatic carbocycles. The van der Waals surface area contributed by atoms with Crippen LogP contribution in [0.3, 0.4) is 0 Å². The van der Waals surface area contributed by atoms with Crippen LogP contribution < -0.4 is 5.32 Å². The monoisotopic (exact) mass is 360 g/mol. The number of nitrogens with zero attached hydrogens (tertiary/aromatic N) is 1. The number of hydrogen-bond donors (Lipinski definition) is 1. The summed E-state index contributed by atoms with van der Waals surface area (Å²) < 4.78 is 29.5. The fourth-order valence-electron chi connectivity index (χ4n) is 3.93. The molecule has 7 heteroatoms. The third-order valence-corrected chi connectivity index (χ3v) is 7.37. The molecule has 2 heterocycles. The first kappa shape index (κ1) is 17.4. The highest BCUT2D eigenvalue weighted by molar-refractivity contribution is 7.91. The van der Waals surface area contributed by atoms with Gasteiger partial charge in [-0.05, 0) is 44.3 Å². The molecule has 1 N–H and O–H groups in total. The second-order valence-corrected chi connectivity index (χ2v) is 9.74. The molecular weight excluding hydrogens is 332 g/mol. The van der Waals surface area contributed by atoms with E-state index < -0.39 is 9.84 Å². The van der Waals surface area contributed by atoms with Crippen molar-refractivity contribution >= 4 is 27.2 Å². The lowest BCUT2D eigenvalue weighted by molar-refractivity contribution is 0.0838. The van der Waals surface area contributed by atoms with E-state index in [1.54, 1.807) is 0 Å². The maximum Gasteiger partial charge on any atom is 0.169 e. The molecule has 0 aromatic heterocycles. The Morgan fingerprint density at radius 1 is 1.13 bits per heavy atom. The molecular formula is C16H28N2O3S2. The zero-order valence-electron chi connectivity index (χ0n) is 13.7. The molecule has 1 saturated carbocycles. The highest BCUT2D eigenvalue weighted by Crippen LogP contribution is 2.23. The molecule has 0 amide bonds. The van der Waals surface area contributed by atoms with Crippen LogP contribution in [0.2, 0.25) is 0 Å². The molecule has 2 saturated heterocycles. The van der Waals surface area contributed by atoms with Crippen molar-refractivity contribution in [1.82, 2.24) is 10.2 Å². The summed E-state index contributed by atoms with van der Waals surface area (Å²) in [4.78, 5) is 2.12. The minimum atomic E-state index is -2.91. The van der Waals surface area contributed by atoms with Crippen LogP contribution in [0.5, 0.6) is 0 Å². The number of sulfone groups is 1. The van der Waals surface area contributed by atoms with Crippen LogP contribution in [0, 0.1) is 0 Å². The fourth-order valence-corrected chi connectivity index (χ4v) is 6.05. The average molecular weight is 361 g/mol. The number of ether oxygens (including phenoxy) is 1. The van der Waals surface area contributed by atoms with Gasteiger partial charge in [0, 0.05) is 25.2 Å². The van der Waals surface area contributed by atoms with Crippen LogP contribution in [-0.2, 0) is 14.6 Å². The molecule has 23 heavy (non-hydrogen) atoms. The van der Waals surface area contributed by atoms with Crippen LogP contribution in [0.4, 0.5) is 0 Å². The van der Waals surface area contributed by atoms with E-state index in [0.717, 1.165) is 43.9 Å². The maximum atomic E-state index is 11.9. The SMILES string of the molecule is O=S1(=O)CC[C@H](N(C[C@@H]2CCCO2)C(=S)NC2CCCCC2)C1. The predicted octanol–water partition coefficient (Wildman–Crippen LogP) is 1.86. The summed E-state index contributed by atoms with van der Waals surface area (Å²) in [5, 5.41) is 4.24. The van der Waals surface area contributed by atoms with Crippen LogP contribution >= 0.6 is 12.2 Å². The molecule has 0 unspecified atom stereocenters. The molecule has 2 atom stereocenters. The summed E-state index contributed by atoms with van der Waals surface area (Å²) in [7, 11) is -2.91. The molecule has 0 spiro atoms. The van der Waals surface area contributed by atoms with Crippen LogP contribution in [0.1, 0.15) is 51.4 Å². The van der Waals surface area contributed by atoms with Crippen LogP contribution in [0.15, 0.2) is 0 Å². The zero-order chi connectivity index (χ0) is 16.3. The first-order valence-electron chi connectivity index (χ1n) is 8.93. The highest BCUT2D eigenvalue weighted by atomic mass is 32.2. The van der Waals surface area contributed by atoms with Gasteiger partial charge in [-0.25, -0.2) is 8.42 Å².